The Balaban J connectivity index is 1.98. The lowest BCUT2D eigenvalue weighted by Gasteiger charge is -2.33. The molecule has 1 atom stereocenters. The molecule has 2 N–H and O–H groups in total. The summed E-state index contributed by atoms with van der Waals surface area (Å²) in [6.07, 6.45) is -0.227. The van der Waals surface area contributed by atoms with E-state index in [9.17, 15) is 4.79 Å². The van der Waals surface area contributed by atoms with Crippen LogP contribution in [0.2, 0.25) is 0 Å². The van der Waals surface area contributed by atoms with Crippen LogP contribution in [0.1, 0.15) is 6.92 Å². The maximum Gasteiger partial charge on any atom is 0.249 e. The van der Waals surface area contributed by atoms with Crippen molar-refractivity contribution in [3.8, 4) is 0 Å². The minimum absolute atomic E-state index is 0.0268. The fraction of sp³-hybridized carbons (Fsp3) is 0.727. The van der Waals surface area contributed by atoms with Gasteiger partial charge in [-0.15, -0.1) is 0 Å². The smallest absolute Gasteiger partial charge is 0.249 e. The van der Waals surface area contributed by atoms with Gasteiger partial charge in [-0.05, 0) is 12.5 Å². The zero-order valence-corrected chi connectivity index (χ0v) is 9.53. The number of nitrogens with zero attached hydrogens (tertiary/aromatic N) is 1. The Kier molecular flexibility index (Phi) is 3.58. The Morgan fingerprint density at radius 3 is 2.94 bits per heavy atom. The lowest BCUT2D eigenvalue weighted by molar-refractivity contribution is -0.136. The van der Waals surface area contributed by atoms with E-state index in [0.29, 0.717) is 19.7 Å². The third kappa shape index (κ3) is 2.26. The maximum absolute atomic E-state index is 12.1. The van der Waals surface area contributed by atoms with Crippen LogP contribution in [0.3, 0.4) is 0 Å². The molecule has 0 saturated carbocycles. The molecule has 1 unspecified atom stereocenters. The van der Waals surface area contributed by atoms with Crippen molar-refractivity contribution in [3.05, 3.63) is 11.1 Å². The Bertz CT molecular complexity index is 308. The standard InChI is InChI=1S/C11H18N2O3/c1-8(9-4-12-5-9)11(15)13-2-3-16-10(6-13)7-14/h10,12,14H,2-7H2,1H3. The second-order valence-corrected chi connectivity index (χ2v) is 4.26. The van der Waals surface area contributed by atoms with Crippen molar-refractivity contribution in [1.29, 1.82) is 0 Å². The van der Waals surface area contributed by atoms with Crippen LogP contribution in [0.5, 0.6) is 0 Å². The minimum Gasteiger partial charge on any atom is -0.394 e. The molecule has 5 nitrogen and oxygen atoms in total. The van der Waals surface area contributed by atoms with Crippen molar-refractivity contribution < 1.29 is 14.6 Å². The van der Waals surface area contributed by atoms with E-state index < -0.39 is 0 Å². The van der Waals surface area contributed by atoms with E-state index in [-0.39, 0.29) is 18.6 Å². The Morgan fingerprint density at radius 1 is 1.62 bits per heavy atom. The van der Waals surface area contributed by atoms with Crippen LogP contribution in [0.4, 0.5) is 0 Å². The number of rotatable bonds is 2. The highest BCUT2D eigenvalue weighted by Gasteiger charge is 2.26. The lowest BCUT2D eigenvalue weighted by atomic mass is 10.0. The Hall–Kier alpha value is -0.910. The topological polar surface area (TPSA) is 61.8 Å². The number of nitrogens with one attached hydrogen (secondary N) is 1. The van der Waals surface area contributed by atoms with Crippen molar-refractivity contribution in [1.82, 2.24) is 10.2 Å². The van der Waals surface area contributed by atoms with Crippen LogP contribution in [-0.2, 0) is 9.53 Å². The first-order valence-corrected chi connectivity index (χ1v) is 5.63. The van der Waals surface area contributed by atoms with Gasteiger partial charge in [0.25, 0.3) is 0 Å². The average molecular weight is 226 g/mol. The van der Waals surface area contributed by atoms with Gasteiger partial charge in [0.05, 0.1) is 19.3 Å². The van der Waals surface area contributed by atoms with E-state index in [0.717, 1.165) is 18.7 Å². The highest BCUT2D eigenvalue weighted by Crippen LogP contribution is 2.14. The second kappa shape index (κ2) is 4.95. The predicted molar refractivity (Wildman–Crippen MR) is 59.0 cm³/mol. The number of morpholine rings is 1. The first kappa shape index (κ1) is 11.6. The molecule has 16 heavy (non-hydrogen) atoms. The van der Waals surface area contributed by atoms with Crippen LogP contribution < -0.4 is 5.32 Å². The third-order valence-corrected chi connectivity index (χ3v) is 3.16. The van der Waals surface area contributed by atoms with Gasteiger partial charge in [0, 0.05) is 31.8 Å². The van der Waals surface area contributed by atoms with E-state index in [1.54, 1.807) is 4.90 Å². The molecule has 0 radical (unpaired) electrons. The molecule has 0 aromatic rings. The van der Waals surface area contributed by atoms with E-state index in [2.05, 4.69) is 5.32 Å². The first-order valence-electron chi connectivity index (χ1n) is 5.63. The van der Waals surface area contributed by atoms with Crippen LogP contribution in [0.25, 0.3) is 0 Å². The highest BCUT2D eigenvalue weighted by atomic mass is 16.5. The summed E-state index contributed by atoms with van der Waals surface area (Å²) in [7, 11) is 0. The summed E-state index contributed by atoms with van der Waals surface area (Å²) in [5.41, 5.74) is 2.04. The monoisotopic (exact) mass is 226 g/mol. The molecule has 0 spiro atoms. The van der Waals surface area contributed by atoms with Crippen LogP contribution in [0, 0.1) is 0 Å². The van der Waals surface area contributed by atoms with Gasteiger partial charge in [0.2, 0.25) is 5.91 Å². The number of aliphatic hydroxyl groups is 1. The lowest BCUT2D eigenvalue weighted by Crippen LogP contribution is -2.48. The number of hydrogen-bond donors (Lipinski definition) is 2. The van der Waals surface area contributed by atoms with Crippen molar-refractivity contribution in [3.63, 3.8) is 0 Å². The number of hydrogen-bond acceptors (Lipinski definition) is 4. The predicted octanol–water partition coefficient (Wildman–Crippen LogP) is -0.874. The van der Waals surface area contributed by atoms with Gasteiger partial charge in [-0.3, -0.25) is 4.79 Å². The molecular formula is C11H18N2O3. The van der Waals surface area contributed by atoms with Crippen molar-refractivity contribution >= 4 is 5.91 Å². The summed E-state index contributed by atoms with van der Waals surface area (Å²) < 4.78 is 5.32. The summed E-state index contributed by atoms with van der Waals surface area (Å²) in [4.78, 5) is 13.9. The van der Waals surface area contributed by atoms with Gasteiger partial charge in [0.1, 0.15) is 0 Å². The summed E-state index contributed by atoms with van der Waals surface area (Å²) in [5.74, 6) is 0.0817. The fourth-order valence-electron chi connectivity index (χ4n) is 1.92. The molecule has 0 aliphatic carbocycles. The van der Waals surface area contributed by atoms with Gasteiger partial charge in [0.15, 0.2) is 0 Å². The maximum atomic E-state index is 12.1. The number of aliphatic hydroxyl groups excluding tert-OH is 1. The summed E-state index contributed by atoms with van der Waals surface area (Å²) in [5, 5.41) is 12.1. The van der Waals surface area contributed by atoms with Crippen molar-refractivity contribution in [2.24, 2.45) is 0 Å². The molecule has 0 aromatic heterocycles. The molecule has 2 fully saturated rings. The molecule has 2 saturated heterocycles. The molecule has 0 bridgehead atoms. The first-order chi connectivity index (χ1) is 7.72. The molecule has 90 valence electrons. The summed E-state index contributed by atoms with van der Waals surface area (Å²) in [6.45, 7) is 5.12. The van der Waals surface area contributed by atoms with Gasteiger partial charge >= 0.3 is 0 Å². The molecule has 2 aliphatic rings. The van der Waals surface area contributed by atoms with E-state index in [1.807, 2.05) is 6.92 Å². The number of amides is 1. The molecule has 2 heterocycles. The fourth-order valence-corrected chi connectivity index (χ4v) is 1.92. The molecule has 2 rings (SSSR count). The van der Waals surface area contributed by atoms with Gasteiger partial charge in [-0.25, -0.2) is 0 Å². The molecular weight excluding hydrogens is 208 g/mol. The van der Waals surface area contributed by atoms with Crippen LogP contribution >= 0.6 is 0 Å². The summed E-state index contributed by atoms with van der Waals surface area (Å²) >= 11 is 0. The van der Waals surface area contributed by atoms with Gasteiger partial charge < -0.3 is 20.1 Å². The zero-order chi connectivity index (χ0) is 11.5. The SMILES string of the molecule is CC(C(=O)N1CCOC(CO)C1)=C1CNC1. The number of carbonyl (C=O) groups is 1. The second-order valence-electron chi connectivity index (χ2n) is 4.26. The highest BCUT2D eigenvalue weighted by molar-refractivity contribution is 5.94. The quantitative estimate of drug-likeness (QED) is 0.601. The Morgan fingerprint density at radius 2 is 2.38 bits per heavy atom. The van der Waals surface area contributed by atoms with Gasteiger partial charge in [-0.1, -0.05) is 0 Å². The summed E-state index contributed by atoms with van der Waals surface area (Å²) in [6, 6.07) is 0. The molecule has 2 aliphatic heterocycles. The van der Waals surface area contributed by atoms with Gasteiger partial charge in [-0.2, -0.15) is 0 Å². The normalized spacial score (nSPS) is 25.2. The zero-order valence-electron chi connectivity index (χ0n) is 9.53. The van der Waals surface area contributed by atoms with Crippen molar-refractivity contribution in [2.45, 2.75) is 13.0 Å². The van der Waals surface area contributed by atoms with Crippen LogP contribution in [-0.4, -0.2) is 61.4 Å². The van der Waals surface area contributed by atoms with Crippen LogP contribution in [0.15, 0.2) is 11.1 Å². The molecule has 0 aromatic carbocycles. The average Bonchev–Trinajstić information content (AvgIpc) is 2.25. The number of ether oxygens (including phenoxy) is 1. The number of carbonyl (C=O) groups excluding carboxylic acids is 1. The molecule has 1 amide bonds. The largest absolute Gasteiger partial charge is 0.394 e. The van der Waals surface area contributed by atoms with Crippen molar-refractivity contribution in [2.75, 3.05) is 39.4 Å². The van der Waals surface area contributed by atoms with E-state index in [4.69, 9.17) is 9.84 Å². The molecule has 5 heteroatoms. The van der Waals surface area contributed by atoms with E-state index >= 15 is 0 Å². The minimum atomic E-state index is -0.227. The Labute approximate surface area is 95.1 Å². The third-order valence-electron chi connectivity index (χ3n) is 3.16. The van der Waals surface area contributed by atoms with E-state index in [1.165, 1.54) is 5.57 Å².